The van der Waals surface area contributed by atoms with E-state index >= 15 is 0 Å². The zero-order valence-electron chi connectivity index (χ0n) is 22.2. The van der Waals surface area contributed by atoms with Gasteiger partial charge in [-0.25, -0.2) is 27.8 Å². The minimum absolute atomic E-state index is 0.0358. The first-order chi connectivity index (χ1) is 19.6. The van der Waals surface area contributed by atoms with E-state index in [4.69, 9.17) is 26.1 Å². The van der Waals surface area contributed by atoms with Crippen molar-refractivity contribution < 1.29 is 22.3 Å². The lowest BCUT2D eigenvalue weighted by atomic mass is 10.1. The standard InChI is InChI=1S/C29H26ClFN4O4S2/c1-18(38-10-11-41(2,36)37)29-35-26(16-40-29)20-6-8-25-23(13-20)28(33-17-32-25)34-22-7-9-27(24(30)14-22)39-15-19-4-3-5-21(31)12-19/h3-9,12-14,16-18H,10-11,15H2,1-2H3,(H,32,33,34). The molecule has 12 heteroatoms. The van der Waals surface area contributed by atoms with Gasteiger partial charge in [-0.05, 0) is 55.0 Å². The number of fused-ring (bicyclic) bond motifs is 1. The van der Waals surface area contributed by atoms with Crippen molar-refractivity contribution in [2.24, 2.45) is 0 Å². The van der Waals surface area contributed by atoms with E-state index in [9.17, 15) is 12.8 Å². The van der Waals surface area contributed by atoms with Crippen LogP contribution >= 0.6 is 22.9 Å². The minimum Gasteiger partial charge on any atom is -0.487 e. The Labute approximate surface area is 246 Å². The lowest BCUT2D eigenvalue weighted by molar-refractivity contribution is 0.0776. The summed E-state index contributed by atoms with van der Waals surface area (Å²) in [6, 6.07) is 17.3. The molecule has 2 aromatic heterocycles. The van der Waals surface area contributed by atoms with Crippen molar-refractivity contribution in [1.29, 1.82) is 0 Å². The highest BCUT2D eigenvalue weighted by Gasteiger charge is 2.15. The molecule has 1 atom stereocenters. The van der Waals surface area contributed by atoms with Crippen molar-refractivity contribution in [3.63, 3.8) is 0 Å². The van der Waals surface area contributed by atoms with Gasteiger partial charge in [0, 0.05) is 28.3 Å². The molecule has 3 aromatic carbocycles. The van der Waals surface area contributed by atoms with Gasteiger partial charge in [0.15, 0.2) is 0 Å². The van der Waals surface area contributed by atoms with Gasteiger partial charge < -0.3 is 14.8 Å². The fourth-order valence-corrected chi connectivity index (χ4v) is 5.46. The summed E-state index contributed by atoms with van der Waals surface area (Å²) >= 11 is 7.93. The van der Waals surface area contributed by atoms with E-state index in [0.29, 0.717) is 27.8 Å². The number of nitrogens with one attached hydrogen (secondary N) is 1. The topological polar surface area (TPSA) is 103 Å². The van der Waals surface area contributed by atoms with Crippen molar-refractivity contribution in [2.75, 3.05) is 23.9 Å². The molecule has 0 spiro atoms. The van der Waals surface area contributed by atoms with Crippen LogP contribution in [-0.4, -0.2) is 42.0 Å². The van der Waals surface area contributed by atoms with E-state index in [1.807, 2.05) is 36.6 Å². The smallest absolute Gasteiger partial charge is 0.149 e. The molecule has 0 aliphatic heterocycles. The van der Waals surface area contributed by atoms with Gasteiger partial charge in [0.05, 0.1) is 28.6 Å². The number of nitrogens with zero attached hydrogens (tertiary/aromatic N) is 3. The second kappa shape index (κ2) is 12.5. The number of anilines is 2. The van der Waals surface area contributed by atoms with E-state index < -0.39 is 9.84 Å². The summed E-state index contributed by atoms with van der Waals surface area (Å²) in [5, 5.41) is 7.19. The third-order valence-electron chi connectivity index (χ3n) is 6.10. The third kappa shape index (κ3) is 7.56. The molecule has 1 unspecified atom stereocenters. The van der Waals surface area contributed by atoms with E-state index in [2.05, 4.69) is 15.3 Å². The van der Waals surface area contributed by atoms with Crippen molar-refractivity contribution >= 4 is 55.2 Å². The van der Waals surface area contributed by atoms with E-state index in [-0.39, 0.29) is 30.9 Å². The molecule has 0 amide bonds. The maximum atomic E-state index is 13.4. The number of thiazole rings is 1. The molecule has 212 valence electrons. The van der Waals surface area contributed by atoms with Crippen molar-refractivity contribution in [2.45, 2.75) is 19.6 Å². The Hall–Kier alpha value is -3.64. The van der Waals surface area contributed by atoms with Crippen LogP contribution in [0.25, 0.3) is 22.2 Å². The number of rotatable bonds is 11. The van der Waals surface area contributed by atoms with E-state index in [1.54, 1.807) is 24.3 Å². The fraction of sp³-hybridized carbons (Fsp3) is 0.207. The number of sulfone groups is 1. The van der Waals surface area contributed by atoms with Crippen LogP contribution in [0.1, 0.15) is 23.6 Å². The number of halogens is 2. The first-order valence-corrected chi connectivity index (χ1v) is 15.9. The molecule has 41 heavy (non-hydrogen) atoms. The molecule has 0 aliphatic rings. The van der Waals surface area contributed by atoms with E-state index in [0.717, 1.165) is 27.2 Å². The predicted molar refractivity (Wildman–Crippen MR) is 160 cm³/mol. The predicted octanol–water partition coefficient (Wildman–Crippen LogP) is 6.99. The largest absolute Gasteiger partial charge is 0.487 e. The van der Waals surface area contributed by atoms with Crippen molar-refractivity contribution in [1.82, 2.24) is 15.0 Å². The highest BCUT2D eigenvalue weighted by atomic mass is 35.5. The number of hydrogen-bond donors (Lipinski definition) is 1. The molecule has 2 heterocycles. The molecule has 0 saturated heterocycles. The molecule has 0 aliphatic carbocycles. The quantitative estimate of drug-likeness (QED) is 0.170. The van der Waals surface area contributed by atoms with Gasteiger partial charge in [0.25, 0.3) is 0 Å². The van der Waals surface area contributed by atoms with Crippen LogP contribution in [-0.2, 0) is 21.2 Å². The first kappa shape index (κ1) is 28.9. The third-order valence-corrected chi connectivity index (χ3v) is 8.31. The minimum atomic E-state index is -3.09. The zero-order chi connectivity index (χ0) is 29.0. The Balaban J connectivity index is 1.31. The number of ether oxygens (including phenoxy) is 2. The van der Waals surface area contributed by atoms with Gasteiger partial charge in [-0.2, -0.15) is 0 Å². The maximum Gasteiger partial charge on any atom is 0.149 e. The Morgan fingerprint density at radius 2 is 1.95 bits per heavy atom. The number of aromatic nitrogens is 3. The molecule has 0 fully saturated rings. The molecule has 8 nitrogen and oxygen atoms in total. The Bertz CT molecular complexity index is 1800. The molecule has 1 N–H and O–H groups in total. The number of benzene rings is 3. The van der Waals surface area contributed by atoms with Gasteiger partial charge >= 0.3 is 0 Å². The van der Waals surface area contributed by atoms with Crippen LogP contribution in [0.3, 0.4) is 0 Å². The van der Waals surface area contributed by atoms with Crippen LogP contribution < -0.4 is 10.1 Å². The summed E-state index contributed by atoms with van der Waals surface area (Å²) < 4.78 is 47.6. The molecule has 5 rings (SSSR count). The maximum absolute atomic E-state index is 13.4. The highest BCUT2D eigenvalue weighted by molar-refractivity contribution is 7.90. The van der Waals surface area contributed by atoms with Crippen LogP contribution in [0.5, 0.6) is 5.75 Å². The van der Waals surface area contributed by atoms with Crippen molar-refractivity contribution in [3.05, 3.63) is 93.8 Å². The van der Waals surface area contributed by atoms with Crippen LogP contribution in [0, 0.1) is 5.82 Å². The first-order valence-electron chi connectivity index (χ1n) is 12.6. The summed E-state index contributed by atoms with van der Waals surface area (Å²) in [6.45, 7) is 2.15. The SMILES string of the molecule is CC(OCCS(C)(=O)=O)c1nc(-c2ccc3ncnc(Nc4ccc(OCc5cccc(F)c5)c(Cl)c4)c3c2)cs1. The second-order valence-electron chi connectivity index (χ2n) is 9.36. The van der Waals surface area contributed by atoms with Crippen LogP contribution in [0.15, 0.2) is 72.4 Å². The van der Waals surface area contributed by atoms with Crippen LogP contribution in [0.4, 0.5) is 15.9 Å². The number of hydrogen-bond acceptors (Lipinski definition) is 9. The molecule has 0 radical (unpaired) electrons. The monoisotopic (exact) mass is 612 g/mol. The highest BCUT2D eigenvalue weighted by Crippen LogP contribution is 2.33. The van der Waals surface area contributed by atoms with Gasteiger partial charge in [0.1, 0.15) is 51.3 Å². The van der Waals surface area contributed by atoms with Gasteiger partial charge in [-0.1, -0.05) is 29.8 Å². The molecule has 0 bridgehead atoms. The molecular formula is C29H26ClFN4O4S2. The summed E-state index contributed by atoms with van der Waals surface area (Å²) in [6.07, 6.45) is 2.34. The Morgan fingerprint density at radius 1 is 1.10 bits per heavy atom. The van der Waals surface area contributed by atoms with Crippen LogP contribution in [0.2, 0.25) is 5.02 Å². The summed E-state index contributed by atoms with van der Waals surface area (Å²) in [7, 11) is -3.09. The lowest BCUT2D eigenvalue weighted by Gasteiger charge is -2.12. The average Bonchev–Trinajstić information content (AvgIpc) is 3.43. The summed E-state index contributed by atoms with van der Waals surface area (Å²) in [4.78, 5) is 13.5. The normalized spacial score (nSPS) is 12.4. The van der Waals surface area contributed by atoms with Gasteiger partial charge in [0.2, 0.25) is 0 Å². The summed E-state index contributed by atoms with van der Waals surface area (Å²) in [5.41, 5.74) is 3.80. The second-order valence-corrected chi connectivity index (χ2v) is 12.9. The molecule has 0 saturated carbocycles. The van der Waals surface area contributed by atoms with Gasteiger partial charge in [-0.15, -0.1) is 11.3 Å². The zero-order valence-corrected chi connectivity index (χ0v) is 24.6. The van der Waals surface area contributed by atoms with E-state index in [1.165, 1.54) is 36.1 Å². The molecule has 5 aromatic rings. The average molecular weight is 613 g/mol. The molecular weight excluding hydrogens is 587 g/mol. The fourth-order valence-electron chi connectivity index (χ4n) is 3.99. The Morgan fingerprint density at radius 3 is 2.73 bits per heavy atom. The van der Waals surface area contributed by atoms with Crippen molar-refractivity contribution in [3.8, 4) is 17.0 Å². The Kier molecular flexibility index (Phi) is 8.79. The van der Waals surface area contributed by atoms with Gasteiger partial charge in [-0.3, -0.25) is 0 Å². The summed E-state index contributed by atoms with van der Waals surface area (Å²) in [5.74, 6) is 0.712. The lowest BCUT2D eigenvalue weighted by Crippen LogP contribution is -2.12.